The quantitative estimate of drug-likeness (QED) is 0.911. The van der Waals surface area contributed by atoms with Gasteiger partial charge in [0.25, 0.3) is 0 Å². The second kappa shape index (κ2) is 7.97. The summed E-state index contributed by atoms with van der Waals surface area (Å²) in [4.78, 5) is 25.8. The maximum absolute atomic E-state index is 12.4. The van der Waals surface area contributed by atoms with Crippen LogP contribution in [0.2, 0.25) is 0 Å². The van der Waals surface area contributed by atoms with Crippen LogP contribution in [0.4, 0.5) is 5.69 Å². The van der Waals surface area contributed by atoms with E-state index in [0.29, 0.717) is 12.5 Å². The first kappa shape index (κ1) is 17.2. The Kier molecular flexibility index (Phi) is 5.49. The van der Waals surface area contributed by atoms with Gasteiger partial charge in [-0.05, 0) is 42.5 Å². The lowest BCUT2D eigenvalue weighted by Gasteiger charge is -2.26. The molecule has 3 rings (SSSR count). The van der Waals surface area contributed by atoms with Gasteiger partial charge in [0.05, 0.1) is 0 Å². The van der Waals surface area contributed by atoms with Crippen molar-refractivity contribution in [1.29, 1.82) is 0 Å². The predicted molar refractivity (Wildman–Crippen MR) is 99.6 cm³/mol. The highest BCUT2D eigenvalue weighted by atomic mass is 16.2. The van der Waals surface area contributed by atoms with E-state index in [0.717, 1.165) is 24.9 Å². The molecule has 0 saturated heterocycles. The Morgan fingerprint density at radius 1 is 1.08 bits per heavy atom. The van der Waals surface area contributed by atoms with Crippen LogP contribution in [0.15, 0.2) is 54.6 Å². The fourth-order valence-corrected chi connectivity index (χ4v) is 3.50. The van der Waals surface area contributed by atoms with E-state index < -0.39 is 0 Å². The monoisotopic (exact) mass is 336 g/mol. The summed E-state index contributed by atoms with van der Waals surface area (Å²) < 4.78 is 0. The summed E-state index contributed by atoms with van der Waals surface area (Å²) in [6.45, 7) is 2.15. The predicted octanol–water partition coefficient (Wildman–Crippen LogP) is 3.28. The van der Waals surface area contributed by atoms with E-state index in [9.17, 15) is 9.59 Å². The molecule has 130 valence electrons. The van der Waals surface area contributed by atoms with Crippen LogP contribution in [-0.2, 0) is 16.0 Å². The van der Waals surface area contributed by atoms with Gasteiger partial charge < -0.3 is 10.2 Å². The van der Waals surface area contributed by atoms with Gasteiger partial charge in [-0.15, -0.1) is 0 Å². The number of anilines is 1. The molecule has 1 unspecified atom stereocenters. The number of carbonyl (C=O) groups is 2. The summed E-state index contributed by atoms with van der Waals surface area (Å²) in [5, 5.41) is 3.02. The van der Waals surface area contributed by atoms with Crippen molar-refractivity contribution >= 4 is 17.5 Å². The minimum absolute atomic E-state index is 0.0493. The molecule has 0 spiro atoms. The lowest BCUT2D eigenvalue weighted by atomic mass is 9.83. The van der Waals surface area contributed by atoms with E-state index in [2.05, 4.69) is 29.6 Å². The first-order chi connectivity index (χ1) is 12.1. The molecular weight excluding hydrogens is 312 g/mol. The lowest BCUT2D eigenvalue weighted by molar-refractivity contribution is -0.123. The summed E-state index contributed by atoms with van der Waals surface area (Å²) in [5.41, 5.74) is 3.48. The van der Waals surface area contributed by atoms with Gasteiger partial charge in [-0.2, -0.15) is 0 Å². The van der Waals surface area contributed by atoms with Crippen LogP contribution in [-0.4, -0.2) is 24.9 Å². The van der Waals surface area contributed by atoms with Crippen molar-refractivity contribution in [2.75, 3.05) is 18.0 Å². The fourth-order valence-electron chi connectivity index (χ4n) is 3.50. The molecule has 0 heterocycles. The van der Waals surface area contributed by atoms with E-state index >= 15 is 0 Å². The van der Waals surface area contributed by atoms with Crippen LogP contribution in [0, 0.1) is 0 Å². The van der Waals surface area contributed by atoms with Crippen LogP contribution in [0.5, 0.6) is 0 Å². The lowest BCUT2D eigenvalue weighted by Crippen LogP contribution is -2.41. The van der Waals surface area contributed by atoms with Crippen LogP contribution in [0.1, 0.15) is 36.8 Å². The molecule has 0 aliphatic heterocycles. The molecule has 2 aromatic carbocycles. The molecule has 2 amide bonds. The number of hydrogen-bond acceptors (Lipinski definition) is 2. The minimum atomic E-state index is -0.135. The van der Waals surface area contributed by atoms with Crippen molar-refractivity contribution in [2.45, 2.75) is 32.1 Å². The molecule has 4 heteroatoms. The van der Waals surface area contributed by atoms with Gasteiger partial charge >= 0.3 is 0 Å². The largest absolute Gasteiger partial charge is 0.354 e. The summed E-state index contributed by atoms with van der Waals surface area (Å²) in [6, 6.07) is 17.8. The second-order valence-electron chi connectivity index (χ2n) is 6.53. The highest BCUT2D eigenvalue weighted by Gasteiger charge is 2.21. The smallest absolute Gasteiger partial charge is 0.240 e. The third-order valence-corrected chi connectivity index (χ3v) is 4.79. The number of benzene rings is 2. The summed E-state index contributed by atoms with van der Waals surface area (Å²) in [7, 11) is 0. The number of hydrogen-bond donors (Lipinski definition) is 1. The number of fused-ring (bicyclic) bond motifs is 1. The summed E-state index contributed by atoms with van der Waals surface area (Å²) >= 11 is 0. The molecule has 4 nitrogen and oxygen atoms in total. The average molecular weight is 336 g/mol. The first-order valence-electron chi connectivity index (χ1n) is 8.83. The minimum Gasteiger partial charge on any atom is -0.354 e. The number of aryl methyl sites for hydroxylation is 1. The second-order valence-corrected chi connectivity index (χ2v) is 6.53. The van der Waals surface area contributed by atoms with Crippen molar-refractivity contribution in [3.8, 4) is 0 Å². The molecule has 0 fully saturated rings. The molecule has 1 aliphatic carbocycles. The van der Waals surface area contributed by atoms with E-state index in [-0.39, 0.29) is 18.4 Å². The molecule has 1 N–H and O–H groups in total. The topological polar surface area (TPSA) is 49.4 Å². The molecular formula is C21H24N2O2. The van der Waals surface area contributed by atoms with Crippen LogP contribution in [0.25, 0.3) is 0 Å². The first-order valence-corrected chi connectivity index (χ1v) is 8.83. The number of carbonyl (C=O) groups excluding carboxylic acids is 2. The Morgan fingerprint density at radius 3 is 2.56 bits per heavy atom. The third-order valence-electron chi connectivity index (χ3n) is 4.79. The van der Waals surface area contributed by atoms with E-state index in [1.807, 2.05) is 30.3 Å². The Morgan fingerprint density at radius 2 is 1.80 bits per heavy atom. The number of nitrogens with one attached hydrogen (secondary N) is 1. The SMILES string of the molecule is CC(=O)N(CC(=O)NCC1CCCc2ccccc21)c1ccccc1. The van der Waals surface area contributed by atoms with Crippen molar-refractivity contribution in [3.63, 3.8) is 0 Å². The standard InChI is InChI=1S/C21H24N2O2/c1-16(24)23(19-11-3-2-4-12-19)15-21(25)22-14-18-10-7-9-17-8-5-6-13-20(17)18/h2-6,8,11-13,18H,7,9-10,14-15H2,1H3,(H,22,25). The third kappa shape index (κ3) is 4.27. The van der Waals surface area contributed by atoms with E-state index in [1.54, 1.807) is 0 Å². The van der Waals surface area contributed by atoms with Crippen LogP contribution >= 0.6 is 0 Å². The summed E-state index contributed by atoms with van der Waals surface area (Å²) in [6.07, 6.45) is 3.36. The Labute approximate surface area is 148 Å². The Balaban J connectivity index is 1.60. The highest BCUT2D eigenvalue weighted by molar-refractivity contribution is 5.97. The summed E-state index contributed by atoms with van der Waals surface area (Å²) in [5.74, 6) is 0.0999. The van der Waals surface area contributed by atoms with Crippen LogP contribution < -0.4 is 10.2 Å². The zero-order valence-corrected chi connectivity index (χ0v) is 14.6. The molecule has 2 aromatic rings. The Bertz CT molecular complexity index is 743. The number of para-hydroxylation sites is 1. The van der Waals surface area contributed by atoms with Gasteiger partial charge in [0.15, 0.2) is 0 Å². The Hall–Kier alpha value is -2.62. The molecule has 1 atom stereocenters. The van der Waals surface area contributed by atoms with Gasteiger partial charge in [-0.25, -0.2) is 0 Å². The van der Waals surface area contributed by atoms with Gasteiger partial charge in [0.1, 0.15) is 6.54 Å². The highest BCUT2D eigenvalue weighted by Crippen LogP contribution is 2.30. The van der Waals surface area contributed by atoms with Crippen molar-refractivity contribution in [3.05, 3.63) is 65.7 Å². The van der Waals surface area contributed by atoms with Crippen molar-refractivity contribution in [2.24, 2.45) is 0 Å². The zero-order valence-electron chi connectivity index (χ0n) is 14.6. The van der Waals surface area contributed by atoms with E-state index in [4.69, 9.17) is 0 Å². The number of rotatable bonds is 5. The van der Waals surface area contributed by atoms with Crippen LogP contribution in [0.3, 0.4) is 0 Å². The number of nitrogens with zero attached hydrogens (tertiary/aromatic N) is 1. The maximum atomic E-state index is 12.4. The molecule has 0 saturated carbocycles. The van der Waals surface area contributed by atoms with Gasteiger partial charge in [0.2, 0.25) is 11.8 Å². The fraction of sp³-hybridized carbons (Fsp3) is 0.333. The molecule has 0 radical (unpaired) electrons. The van der Waals surface area contributed by atoms with Gasteiger partial charge in [-0.3, -0.25) is 9.59 Å². The number of amides is 2. The molecule has 25 heavy (non-hydrogen) atoms. The normalized spacial score (nSPS) is 16.0. The average Bonchev–Trinajstić information content (AvgIpc) is 2.65. The molecule has 1 aliphatic rings. The van der Waals surface area contributed by atoms with Crippen molar-refractivity contribution < 1.29 is 9.59 Å². The molecule has 0 aromatic heterocycles. The zero-order chi connectivity index (χ0) is 17.6. The van der Waals surface area contributed by atoms with E-state index in [1.165, 1.54) is 23.0 Å². The maximum Gasteiger partial charge on any atom is 0.240 e. The van der Waals surface area contributed by atoms with Gasteiger partial charge in [-0.1, -0.05) is 42.5 Å². The van der Waals surface area contributed by atoms with Gasteiger partial charge in [0, 0.05) is 25.1 Å². The molecule has 0 bridgehead atoms. The van der Waals surface area contributed by atoms with Crippen molar-refractivity contribution in [1.82, 2.24) is 5.32 Å².